The number of rotatable bonds is 10. The summed E-state index contributed by atoms with van der Waals surface area (Å²) in [6, 6.07) is 19.1. The first-order valence-corrected chi connectivity index (χ1v) is 16.7. The van der Waals surface area contributed by atoms with Crippen molar-refractivity contribution in [2.75, 3.05) is 25.7 Å². The second kappa shape index (κ2) is 14.2. The molecule has 4 atom stereocenters. The number of nitrogens with zero attached hydrogens (tertiary/aromatic N) is 2. The number of imide groups is 1. The number of carbonyl (C=O) groups excluding carboxylic acids is 2. The number of allylic oxidation sites excluding steroid dienone is 1. The zero-order chi connectivity index (χ0) is 34.1. The molecule has 2 heterocycles. The van der Waals surface area contributed by atoms with Crippen LogP contribution in [0.3, 0.4) is 0 Å². The number of aromatic hydroxyl groups is 1. The number of anilines is 1. The molecule has 6 rings (SSSR count). The molecule has 2 fully saturated rings. The average Bonchev–Trinajstić information content (AvgIpc) is 3.33. The molecule has 0 aromatic heterocycles. The average molecular weight is 764 g/mol. The Bertz CT molecular complexity index is 1810. The van der Waals surface area contributed by atoms with Crippen LogP contribution in [0.25, 0.3) is 11.6 Å². The molecule has 11 nitrogen and oxygen atoms in total. The summed E-state index contributed by atoms with van der Waals surface area (Å²) >= 11 is 2.06. The summed E-state index contributed by atoms with van der Waals surface area (Å²) in [5.74, 6) is -2.32. The van der Waals surface area contributed by atoms with Gasteiger partial charge in [-0.25, -0.2) is 4.90 Å². The lowest BCUT2D eigenvalue weighted by Gasteiger charge is -2.43. The van der Waals surface area contributed by atoms with Gasteiger partial charge in [0.2, 0.25) is 11.8 Å². The van der Waals surface area contributed by atoms with Gasteiger partial charge in [-0.3, -0.25) is 19.7 Å². The molecule has 0 unspecified atom stereocenters. The number of nitro benzene ring substituents is 1. The van der Waals surface area contributed by atoms with Crippen molar-refractivity contribution >= 4 is 64.5 Å². The zero-order valence-corrected chi connectivity index (χ0v) is 28.5. The number of nitro groups is 1. The van der Waals surface area contributed by atoms with E-state index in [-0.39, 0.29) is 36.5 Å². The first-order chi connectivity index (χ1) is 23.1. The van der Waals surface area contributed by atoms with Crippen LogP contribution < -0.4 is 9.64 Å². The van der Waals surface area contributed by atoms with Crippen LogP contribution in [0.2, 0.25) is 6.32 Å². The summed E-state index contributed by atoms with van der Waals surface area (Å²) in [7, 11) is 1.92. The van der Waals surface area contributed by atoms with Gasteiger partial charge in [0.1, 0.15) is 0 Å². The van der Waals surface area contributed by atoms with Gasteiger partial charge in [0.15, 0.2) is 11.5 Å². The monoisotopic (exact) mass is 764 g/mol. The third-order valence-corrected chi connectivity index (χ3v) is 10.2. The van der Waals surface area contributed by atoms with Crippen LogP contribution >= 0.6 is 22.6 Å². The van der Waals surface area contributed by atoms with Crippen molar-refractivity contribution in [2.24, 2.45) is 17.8 Å². The molecule has 0 spiro atoms. The van der Waals surface area contributed by atoms with Crippen molar-refractivity contribution in [3.05, 3.63) is 103 Å². The molecule has 1 aliphatic carbocycles. The first-order valence-electron chi connectivity index (χ1n) is 15.6. The van der Waals surface area contributed by atoms with Gasteiger partial charge in [-0.15, -0.1) is 0 Å². The number of fused-ring (bicyclic) bond motifs is 3. The van der Waals surface area contributed by atoms with E-state index < -0.39 is 47.7 Å². The molecule has 0 bridgehead atoms. The number of carbonyl (C=O) groups is 2. The topological polar surface area (TPSA) is 149 Å². The number of non-ortho nitro benzene ring substituents is 1. The lowest BCUT2D eigenvalue weighted by Crippen LogP contribution is -2.46. The van der Waals surface area contributed by atoms with Crippen molar-refractivity contribution < 1.29 is 38.8 Å². The Morgan fingerprint density at radius 1 is 1.10 bits per heavy atom. The lowest BCUT2D eigenvalue weighted by atomic mass is 9.58. The van der Waals surface area contributed by atoms with E-state index in [1.54, 1.807) is 13.2 Å². The Morgan fingerprint density at radius 2 is 1.88 bits per heavy atom. The molecule has 3 aromatic carbocycles. The molecule has 2 aliphatic heterocycles. The number of benzene rings is 3. The Kier molecular flexibility index (Phi) is 10.0. The van der Waals surface area contributed by atoms with Crippen LogP contribution in [0.4, 0.5) is 11.4 Å². The maximum atomic E-state index is 14.0. The minimum Gasteiger partial charge on any atom is -0.504 e. The molecule has 0 radical (unpaired) electrons. The van der Waals surface area contributed by atoms with E-state index in [1.165, 1.54) is 31.4 Å². The molecule has 3 aromatic rings. The minimum atomic E-state index is -1.16. The highest BCUT2D eigenvalue weighted by molar-refractivity contribution is 14.1. The Balaban J connectivity index is 1.34. The van der Waals surface area contributed by atoms with E-state index in [1.807, 2.05) is 42.5 Å². The third-order valence-electron chi connectivity index (χ3n) is 9.36. The van der Waals surface area contributed by atoms with E-state index in [2.05, 4.69) is 22.6 Å². The Hall–Kier alpha value is -4.05. The van der Waals surface area contributed by atoms with E-state index >= 15 is 0 Å². The normalized spacial score (nSPS) is 22.5. The first kappa shape index (κ1) is 33.8. The van der Waals surface area contributed by atoms with Crippen LogP contribution in [0.1, 0.15) is 30.4 Å². The van der Waals surface area contributed by atoms with Gasteiger partial charge >= 0.3 is 7.12 Å². The van der Waals surface area contributed by atoms with Gasteiger partial charge in [-0.05, 0) is 100 Å². The summed E-state index contributed by atoms with van der Waals surface area (Å²) in [4.78, 5) is 39.8. The summed E-state index contributed by atoms with van der Waals surface area (Å²) in [6.45, 7) is 0.233. The predicted octanol–water partition coefficient (Wildman–Crippen LogP) is 5.88. The second-order valence-electron chi connectivity index (χ2n) is 12.2. The van der Waals surface area contributed by atoms with Crippen molar-refractivity contribution in [3.63, 3.8) is 0 Å². The van der Waals surface area contributed by atoms with Crippen LogP contribution in [0, 0.1) is 31.4 Å². The fourth-order valence-electron chi connectivity index (χ4n) is 7.34. The van der Waals surface area contributed by atoms with Gasteiger partial charge in [0, 0.05) is 19.2 Å². The smallest absolute Gasteiger partial charge is 0.455 e. The maximum Gasteiger partial charge on any atom is 0.455 e. The molecular weight excluding hydrogens is 730 g/mol. The molecule has 48 heavy (non-hydrogen) atoms. The Labute approximate surface area is 291 Å². The van der Waals surface area contributed by atoms with E-state index in [0.29, 0.717) is 22.2 Å². The fourth-order valence-corrected chi connectivity index (χ4v) is 7.97. The highest BCUT2D eigenvalue weighted by Gasteiger charge is 2.57. The number of halogens is 1. The molecule has 2 amide bonds. The zero-order valence-electron chi connectivity index (χ0n) is 26.4. The maximum absolute atomic E-state index is 14.0. The predicted molar refractivity (Wildman–Crippen MR) is 188 cm³/mol. The van der Waals surface area contributed by atoms with Crippen molar-refractivity contribution in [3.8, 4) is 11.5 Å². The van der Waals surface area contributed by atoms with Crippen LogP contribution in [-0.4, -0.2) is 60.9 Å². The summed E-state index contributed by atoms with van der Waals surface area (Å²) in [6.07, 6.45) is 2.91. The van der Waals surface area contributed by atoms with Crippen molar-refractivity contribution in [1.82, 2.24) is 0 Å². The van der Waals surface area contributed by atoms with Gasteiger partial charge in [0.05, 0.1) is 45.8 Å². The van der Waals surface area contributed by atoms with Gasteiger partial charge in [-0.2, -0.15) is 0 Å². The van der Waals surface area contributed by atoms with Crippen LogP contribution in [0.5, 0.6) is 11.5 Å². The number of hydrogen-bond donors (Lipinski definition) is 2. The van der Waals surface area contributed by atoms with E-state index in [9.17, 15) is 29.8 Å². The molecular formula is C35H34BIN2O9. The molecule has 2 saturated heterocycles. The highest BCUT2D eigenvalue weighted by atomic mass is 127. The van der Waals surface area contributed by atoms with E-state index in [0.717, 1.165) is 32.7 Å². The summed E-state index contributed by atoms with van der Waals surface area (Å²) < 4.78 is 17.8. The fraction of sp³-hybridized carbons (Fsp3) is 0.314. The molecule has 3 aliphatic rings. The second-order valence-corrected chi connectivity index (χ2v) is 13.3. The van der Waals surface area contributed by atoms with Crippen molar-refractivity contribution in [2.45, 2.75) is 31.7 Å². The summed E-state index contributed by atoms with van der Waals surface area (Å²) in [5.41, 5.74) is 4.50. The molecule has 0 saturated carbocycles. The minimum absolute atomic E-state index is 0.0735. The highest BCUT2D eigenvalue weighted by Crippen LogP contribution is 2.51. The lowest BCUT2D eigenvalue weighted by molar-refractivity contribution is -0.384. The van der Waals surface area contributed by atoms with Crippen LogP contribution in [-0.2, 0) is 19.0 Å². The van der Waals surface area contributed by atoms with Gasteiger partial charge in [-0.1, -0.05) is 42.5 Å². The van der Waals surface area contributed by atoms with E-state index in [4.69, 9.17) is 14.1 Å². The molecule has 2 N–H and O–H groups in total. The quantitative estimate of drug-likeness (QED) is 0.0491. The number of methoxy groups -OCH3 is 2. The third kappa shape index (κ3) is 6.51. The number of hydrogen-bond acceptors (Lipinski definition) is 9. The Morgan fingerprint density at radius 3 is 2.58 bits per heavy atom. The standard InChI is InChI=1S/C35H34BIN2O9/c1-46-19-23-16-26-32(35(42)38(34(26)41)24-9-6-10-25(17-24)39(44)45)27-18-36(43)48-29(31(23)27)12-11-22(21-7-4-3-5-8-21)13-20-14-28(37)33(40)30(15-20)47-2/h3-10,13-15,17,26-27,29,32,40,43H,11-12,16,18-19H2,1-2H3/b22-13-/t26-,27+,29-,32-/m1/s1. The number of phenols is 1. The molecule has 13 heteroatoms. The summed E-state index contributed by atoms with van der Waals surface area (Å²) in [5, 5.41) is 32.8. The molecule has 248 valence electrons. The number of ether oxygens (including phenoxy) is 2. The van der Waals surface area contributed by atoms with Gasteiger partial charge in [0.25, 0.3) is 5.69 Å². The SMILES string of the molecule is COCC1=C2[C@@H](CC/C(=C/c3cc(I)c(O)c(OC)c3)c3ccccc3)OB(O)C[C@@H]2[C@@H]2C(=O)N(c3cccc([N+](=O)[O-])c3)C(=O)[C@@H]2C1. The number of amides is 2. The number of phenolic OH excluding ortho intramolecular Hbond substituents is 1. The van der Waals surface area contributed by atoms with Crippen molar-refractivity contribution in [1.29, 1.82) is 0 Å². The van der Waals surface area contributed by atoms with Gasteiger partial charge < -0.3 is 24.3 Å². The van der Waals surface area contributed by atoms with Crippen LogP contribution in [0.15, 0.2) is 77.9 Å². The largest absolute Gasteiger partial charge is 0.504 e.